The second-order valence-corrected chi connectivity index (χ2v) is 7.99. The molecule has 0 aromatic heterocycles. The van der Waals surface area contributed by atoms with Crippen molar-refractivity contribution in [3.05, 3.63) is 29.8 Å². The topological polar surface area (TPSA) is 57.7 Å². The van der Waals surface area contributed by atoms with Crippen molar-refractivity contribution in [2.24, 2.45) is 0 Å². The summed E-state index contributed by atoms with van der Waals surface area (Å²) in [6, 6.07) is 8.26. The van der Waals surface area contributed by atoms with E-state index in [4.69, 9.17) is 0 Å². The van der Waals surface area contributed by atoms with Gasteiger partial charge in [-0.05, 0) is 31.5 Å². The molecule has 1 atom stereocenters. The molecular weight excluding hydrogens is 288 g/mol. The summed E-state index contributed by atoms with van der Waals surface area (Å²) < 4.78 is 23.0. The predicted octanol–water partition coefficient (Wildman–Crippen LogP) is 1.08. The van der Waals surface area contributed by atoms with Gasteiger partial charge in [0.2, 0.25) is 5.91 Å². The average Bonchev–Trinajstić information content (AvgIpc) is 2.45. The lowest BCUT2D eigenvalue weighted by molar-refractivity contribution is -0.130. The summed E-state index contributed by atoms with van der Waals surface area (Å²) in [5, 5.41) is -0.956. The molecule has 1 heterocycles. The zero-order valence-electron chi connectivity index (χ0n) is 12.7. The first kappa shape index (κ1) is 15.8. The Morgan fingerprint density at radius 2 is 1.81 bits per heavy atom. The van der Waals surface area contributed by atoms with Gasteiger partial charge in [0.05, 0.1) is 0 Å². The number of carbonyl (C=O) groups excluding carboxylic acids is 1. The van der Waals surface area contributed by atoms with Crippen molar-refractivity contribution in [2.75, 3.05) is 37.3 Å². The third-order valence-corrected chi connectivity index (χ3v) is 5.43. The molecule has 1 aliphatic heterocycles. The van der Waals surface area contributed by atoms with Gasteiger partial charge in [-0.25, -0.2) is 8.42 Å². The van der Waals surface area contributed by atoms with Gasteiger partial charge in [-0.15, -0.1) is 0 Å². The minimum atomic E-state index is -3.33. The molecule has 1 aromatic carbocycles. The van der Waals surface area contributed by atoms with Crippen molar-refractivity contribution in [1.82, 2.24) is 4.90 Å². The molecule has 1 fully saturated rings. The summed E-state index contributed by atoms with van der Waals surface area (Å²) in [6.45, 7) is 6.10. The number of nitrogens with zero attached hydrogens (tertiary/aromatic N) is 2. The summed E-state index contributed by atoms with van der Waals surface area (Å²) in [5.41, 5.74) is 2.36. The quantitative estimate of drug-likeness (QED) is 0.838. The molecule has 0 aliphatic carbocycles. The van der Waals surface area contributed by atoms with Gasteiger partial charge in [-0.3, -0.25) is 4.79 Å². The van der Waals surface area contributed by atoms with Gasteiger partial charge in [-0.1, -0.05) is 12.1 Å². The van der Waals surface area contributed by atoms with Crippen molar-refractivity contribution < 1.29 is 13.2 Å². The fourth-order valence-electron chi connectivity index (χ4n) is 2.45. The van der Waals surface area contributed by atoms with Crippen molar-refractivity contribution in [2.45, 2.75) is 19.1 Å². The second-order valence-electron chi connectivity index (χ2n) is 5.62. The molecule has 116 valence electrons. The number of aryl methyl sites for hydroxylation is 1. The first-order chi connectivity index (χ1) is 9.79. The van der Waals surface area contributed by atoms with E-state index in [1.54, 1.807) is 4.90 Å². The van der Waals surface area contributed by atoms with Gasteiger partial charge in [0.15, 0.2) is 9.84 Å². The maximum Gasteiger partial charge on any atom is 0.240 e. The summed E-state index contributed by atoms with van der Waals surface area (Å²) in [4.78, 5) is 16.0. The van der Waals surface area contributed by atoms with Crippen LogP contribution in [-0.2, 0) is 14.6 Å². The number of rotatable bonds is 3. The van der Waals surface area contributed by atoms with Crippen molar-refractivity contribution in [1.29, 1.82) is 0 Å². The van der Waals surface area contributed by atoms with Gasteiger partial charge in [0, 0.05) is 38.1 Å². The Balaban J connectivity index is 1.99. The van der Waals surface area contributed by atoms with E-state index in [1.165, 1.54) is 12.5 Å². The smallest absolute Gasteiger partial charge is 0.240 e. The maximum atomic E-state index is 12.2. The van der Waals surface area contributed by atoms with E-state index < -0.39 is 15.1 Å². The summed E-state index contributed by atoms with van der Waals surface area (Å²) in [5.74, 6) is -0.290. The van der Waals surface area contributed by atoms with E-state index in [-0.39, 0.29) is 5.91 Å². The second kappa shape index (κ2) is 6.05. The summed E-state index contributed by atoms with van der Waals surface area (Å²) in [6.07, 6.45) is 1.11. The Kier molecular flexibility index (Phi) is 4.56. The standard InChI is InChI=1S/C15H22N2O3S/c1-12-5-4-6-14(11-12)16-7-9-17(10-8-16)15(18)13(2)21(3,19)20/h4-6,11,13H,7-10H2,1-3H3/t13-/m1/s1. The molecule has 0 saturated carbocycles. The van der Waals surface area contributed by atoms with Crippen LogP contribution in [0.4, 0.5) is 5.69 Å². The number of anilines is 1. The summed E-state index contributed by atoms with van der Waals surface area (Å²) in [7, 11) is -3.33. The van der Waals surface area contributed by atoms with Gasteiger partial charge >= 0.3 is 0 Å². The van der Waals surface area contributed by atoms with Crippen LogP contribution in [0.3, 0.4) is 0 Å². The van der Waals surface area contributed by atoms with E-state index in [2.05, 4.69) is 30.0 Å². The lowest BCUT2D eigenvalue weighted by atomic mass is 10.2. The van der Waals surface area contributed by atoms with Gasteiger partial charge in [0.25, 0.3) is 0 Å². The molecule has 21 heavy (non-hydrogen) atoms. The molecule has 1 aromatic rings. The fraction of sp³-hybridized carbons (Fsp3) is 0.533. The Labute approximate surface area is 126 Å². The van der Waals surface area contributed by atoms with Gasteiger partial charge < -0.3 is 9.80 Å². The molecule has 1 amide bonds. The monoisotopic (exact) mass is 310 g/mol. The number of hydrogen-bond acceptors (Lipinski definition) is 4. The number of piperazine rings is 1. The van der Waals surface area contributed by atoms with E-state index in [0.29, 0.717) is 13.1 Å². The number of benzene rings is 1. The minimum Gasteiger partial charge on any atom is -0.368 e. The Morgan fingerprint density at radius 1 is 1.19 bits per heavy atom. The van der Waals surface area contributed by atoms with Crippen LogP contribution in [0.15, 0.2) is 24.3 Å². The highest BCUT2D eigenvalue weighted by Crippen LogP contribution is 2.18. The van der Waals surface area contributed by atoms with Crippen LogP contribution in [0, 0.1) is 6.92 Å². The van der Waals surface area contributed by atoms with Crippen molar-refractivity contribution >= 4 is 21.4 Å². The molecule has 0 N–H and O–H groups in total. The van der Waals surface area contributed by atoms with E-state index in [0.717, 1.165) is 25.0 Å². The Bertz CT molecular complexity index is 620. The zero-order chi connectivity index (χ0) is 15.6. The SMILES string of the molecule is Cc1cccc(N2CCN(C(=O)[C@@H](C)S(C)(=O)=O)CC2)c1. The molecule has 0 unspecified atom stereocenters. The first-order valence-electron chi connectivity index (χ1n) is 7.08. The van der Waals surface area contributed by atoms with E-state index in [9.17, 15) is 13.2 Å². The Morgan fingerprint density at radius 3 is 2.33 bits per heavy atom. The number of sulfone groups is 1. The van der Waals surface area contributed by atoms with Crippen LogP contribution in [-0.4, -0.2) is 56.9 Å². The molecule has 0 spiro atoms. The summed E-state index contributed by atoms with van der Waals surface area (Å²) >= 11 is 0. The largest absolute Gasteiger partial charge is 0.368 e. The highest BCUT2D eigenvalue weighted by atomic mass is 32.2. The lowest BCUT2D eigenvalue weighted by Gasteiger charge is -2.37. The molecule has 1 aliphatic rings. The zero-order valence-corrected chi connectivity index (χ0v) is 13.6. The molecule has 5 nitrogen and oxygen atoms in total. The van der Waals surface area contributed by atoms with Crippen LogP contribution >= 0.6 is 0 Å². The van der Waals surface area contributed by atoms with Crippen molar-refractivity contribution in [3.8, 4) is 0 Å². The molecule has 0 bridgehead atoms. The average molecular weight is 310 g/mol. The number of hydrogen-bond donors (Lipinski definition) is 0. The number of amides is 1. The highest BCUT2D eigenvalue weighted by molar-refractivity contribution is 7.92. The third-order valence-electron chi connectivity index (χ3n) is 3.95. The maximum absolute atomic E-state index is 12.2. The minimum absolute atomic E-state index is 0.290. The molecule has 2 rings (SSSR count). The van der Waals surface area contributed by atoms with Crippen LogP contribution in [0.25, 0.3) is 0 Å². The predicted molar refractivity (Wildman–Crippen MR) is 84.3 cm³/mol. The fourth-order valence-corrected chi connectivity index (χ4v) is 2.97. The first-order valence-corrected chi connectivity index (χ1v) is 9.04. The Hall–Kier alpha value is -1.56. The van der Waals surface area contributed by atoms with Crippen molar-refractivity contribution in [3.63, 3.8) is 0 Å². The lowest BCUT2D eigenvalue weighted by Crippen LogP contribution is -2.52. The van der Waals surface area contributed by atoms with Crippen LogP contribution in [0.5, 0.6) is 0 Å². The molecule has 1 saturated heterocycles. The van der Waals surface area contributed by atoms with Crippen LogP contribution in [0.1, 0.15) is 12.5 Å². The van der Waals surface area contributed by atoms with E-state index in [1.807, 2.05) is 6.07 Å². The van der Waals surface area contributed by atoms with Gasteiger partial charge in [0.1, 0.15) is 5.25 Å². The van der Waals surface area contributed by atoms with Crippen LogP contribution < -0.4 is 4.90 Å². The molecular formula is C15H22N2O3S. The van der Waals surface area contributed by atoms with E-state index >= 15 is 0 Å². The third kappa shape index (κ3) is 3.75. The van der Waals surface area contributed by atoms with Gasteiger partial charge in [-0.2, -0.15) is 0 Å². The van der Waals surface area contributed by atoms with Crippen LogP contribution in [0.2, 0.25) is 0 Å². The molecule has 0 radical (unpaired) electrons. The highest BCUT2D eigenvalue weighted by Gasteiger charge is 2.30. The normalized spacial score (nSPS) is 17.7. The molecule has 6 heteroatoms. The number of carbonyl (C=O) groups is 1.